The molecule has 0 radical (unpaired) electrons. The van der Waals surface area contributed by atoms with Crippen molar-refractivity contribution < 1.29 is 9.47 Å². The van der Waals surface area contributed by atoms with Crippen molar-refractivity contribution in [2.24, 2.45) is 0 Å². The van der Waals surface area contributed by atoms with E-state index in [-0.39, 0.29) is 14.5 Å². The monoisotopic (exact) mass is 256 g/mol. The molecule has 0 saturated carbocycles. The van der Waals surface area contributed by atoms with E-state index in [1.165, 1.54) is 0 Å². The molecule has 3 nitrogen and oxygen atoms in total. The van der Waals surface area contributed by atoms with Gasteiger partial charge in [-0.2, -0.15) is 0 Å². The van der Waals surface area contributed by atoms with Crippen LogP contribution in [-0.2, 0) is 0 Å². The van der Waals surface area contributed by atoms with E-state index in [2.05, 4.69) is 4.97 Å². The summed E-state index contributed by atoms with van der Waals surface area (Å²) in [5, 5.41) is 8.31. The molecule has 0 aliphatic rings. The first-order valence-electron chi connectivity index (χ1n) is 4.00. The van der Waals surface area contributed by atoms with E-state index in [0.717, 1.165) is 11.5 Å². The third kappa shape index (κ3) is 3.61. The molecule has 1 aromatic carbocycles. The van der Waals surface area contributed by atoms with Gasteiger partial charge in [0.15, 0.2) is 0 Å². The first kappa shape index (κ1) is 10.8. The number of ether oxygens (including phenoxy) is 2. The fourth-order valence-corrected chi connectivity index (χ4v) is 1.32. The van der Waals surface area contributed by atoms with Gasteiger partial charge in [0.1, 0.15) is 0 Å². The summed E-state index contributed by atoms with van der Waals surface area (Å²) in [7, 11) is 1.62. The molecule has 0 aliphatic heterocycles. The maximum absolute atomic E-state index is 8.31. The second-order valence-electron chi connectivity index (χ2n) is 2.36. The Balaban J connectivity index is 2.44. The third-order valence-corrected chi connectivity index (χ3v) is 2.37. The molecule has 0 saturated heterocycles. The van der Waals surface area contributed by atoms with Gasteiger partial charge in [-0.25, -0.2) is 0 Å². The predicted octanol–water partition coefficient (Wildman–Crippen LogP) is 1.06. The van der Waals surface area contributed by atoms with Crippen molar-refractivity contribution in [3.63, 3.8) is 0 Å². The molecule has 0 unspecified atom stereocenters. The van der Waals surface area contributed by atoms with Crippen molar-refractivity contribution in [2.45, 2.75) is 0 Å². The second-order valence-corrected chi connectivity index (χ2v) is 3.94. The summed E-state index contributed by atoms with van der Waals surface area (Å²) in [5.74, 6) is 1.60. The summed E-state index contributed by atoms with van der Waals surface area (Å²) < 4.78 is 10.4. The molecule has 0 atom stereocenters. The van der Waals surface area contributed by atoms with Crippen LogP contribution in [0.2, 0.25) is 0 Å². The fourth-order valence-electron chi connectivity index (χ4n) is 0.873. The Kier molecular flexibility index (Phi) is 4.77. The first-order valence-corrected chi connectivity index (χ1v) is 5.84. The van der Waals surface area contributed by atoms with E-state index >= 15 is 0 Å². The van der Waals surface area contributed by atoms with Gasteiger partial charge in [-0.3, -0.25) is 0 Å². The zero-order chi connectivity index (χ0) is 10.2. The summed E-state index contributed by atoms with van der Waals surface area (Å²) in [4.78, 5) is 3.92. The molecule has 0 heterocycles. The molecule has 1 rings (SSSR count). The summed E-state index contributed by atoms with van der Waals surface area (Å²) in [6, 6.07) is 7.35. The number of nitriles is 1. The average molecular weight is 255 g/mol. The molecule has 0 spiro atoms. The molecule has 0 aliphatic carbocycles. The van der Waals surface area contributed by atoms with Crippen molar-refractivity contribution in [1.29, 1.82) is 5.26 Å². The minimum absolute atomic E-state index is 0.0769. The van der Waals surface area contributed by atoms with Crippen molar-refractivity contribution in [1.82, 2.24) is 0 Å². The second kappa shape index (κ2) is 6.20. The Bertz CT molecular complexity index is 340. The van der Waals surface area contributed by atoms with E-state index in [0.29, 0.717) is 6.61 Å². The summed E-state index contributed by atoms with van der Waals surface area (Å²) in [6.45, 7) is 0.486. The van der Waals surface area contributed by atoms with Gasteiger partial charge in [-0.15, -0.1) is 0 Å². The minimum atomic E-state index is -0.0769. The summed E-state index contributed by atoms with van der Waals surface area (Å²) in [6.07, 6.45) is 0. The summed E-state index contributed by atoms with van der Waals surface area (Å²) in [5.41, 5.74) is 0. The molecule has 0 bridgehead atoms. The van der Waals surface area contributed by atoms with Crippen molar-refractivity contribution in [3.8, 4) is 16.5 Å². The Labute approximate surface area is 89.0 Å². The quantitative estimate of drug-likeness (QED) is 0.755. The Morgan fingerprint density at radius 2 is 2.00 bits per heavy atom. The molecule has 14 heavy (non-hydrogen) atoms. The van der Waals surface area contributed by atoms with Crippen LogP contribution in [0.1, 0.15) is 0 Å². The van der Waals surface area contributed by atoms with Gasteiger partial charge in [0, 0.05) is 0 Å². The van der Waals surface area contributed by atoms with Gasteiger partial charge < -0.3 is 0 Å². The molecule has 72 valence electrons. The third-order valence-electron chi connectivity index (χ3n) is 1.51. The van der Waals surface area contributed by atoms with Gasteiger partial charge in [0.25, 0.3) is 0 Å². The van der Waals surface area contributed by atoms with Crippen LogP contribution in [0.25, 0.3) is 0 Å². The molecule has 0 fully saturated rings. The van der Waals surface area contributed by atoms with Crippen LogP contribution >= 0.6 is 0 Å². The van der Waals surface area contributed by atoms with E-state index in [1.54, 1.807) is 7.11 Å². The van der Waals surface area contributed by atoms with Crippen molar-refractivity contribution in [2.75, 3.05) is 13.7 Å². The molecular formula is C10H10NO2Se+. The van der Waals surface area contributed by atoms with Crippen LogP contribution in [-0.4, -0.2) is 33.2 Å². The number of nitrogens with zero attached hydrogens (tertiary/aromatic N) is 1. The number of methoxy groups -OCH3 is 1. The van der Waals surface area contributed by atoms with Gasteiger partial charge in [-0.05, 0) is 0 Å². The van der Waals surface area contributed by atoms with E-state index in [9.17, 15) is 0 Å². The molecule has 0 aromatic heterocycles. The molecule has 0 amide bonds. The number of hydrogen-bond acceptors (Lipinski definition) is 3. The zero-order valence-corrected chi connectivity index (χ0v) is 9.48. The van der Waals surface area contributed by atoms with E-state index in [4.69, 9.17) is 14.7 Å². The van der Waals surface area contributed by atoms with Gasteiger partial charge in [0.05, 0.1) is 0 Å². The topological polar surface area (TPSA) is 42.2 Å². The van der Waals surface area contributed by atoms with Crippen LogP contribution in [0.15, 0.2) is 24.3 Å². The number of rotatable bonds is 4. The van der Waals surface area contributed by atoms with Crippen molar-refractivity contribution in [3.05, 3.63) is 24.3 Å². The van der Waals surface area contributed by atoms with Crippen LogP contribution in [0.5, 0.6) is 11.5 Å². The Hall–Kier alpha value is -1.30. The first-order chi connectivity index (χ1) is 6.86. The van der Waals surface area contributed by atoms with Crippen molar-refractivity contribution >= 4 is 19.4 Å². The van der Waals surface area contributed by atoms with Gasteiger partial charge in [-0.1, -0.05) is 0 Å². The molecule has 1 aromatic rings. The molecule has 0 N–H and O–H groups in total. The average Bonchev–Trinajstić information content (AvgIpc) is 2.25. The molecule has 4 heteroatoms. The fraction of sp³-hybridized carbons (Fsp3) is 0.200. The van der Waals surface area contributed by atoms with Gasteiger partial charge in [0.2, 0.25) is 0 Å². The SMILES string of the molecule is COc1ccc(OCC=[Se+]C#N)cc1. The predicted molar refractivity (Wildman–Crippen MR) is 55.9 cm³/mol. The number of hydrogen-bond donors (Lipinski definition) is 0. The Morgan fingerprint density at radius 1 is 1.36 bits per heavy atom. The van der Waals surface area contributed by atoms with E-state index in [1.807, 2.05) is 29.2 Å². The van der Waals surface area contributed by atoms with Crippen LogP contribution in [0.3, 0.4) is 0 Å². The van der Waals surface area contributed by atoms with Crippen LogP contribution in [0.4, 0.5) is 0 Å². The Morgan fingerprint density at radius 3 is 2.57 bits per heavy atom. The van der Waals surface area contributed by atoms with Gasteiger partial charge >= 0.3 is 88.6 Å². The molecular weight excluding hydrogens is 245 g/mol. The maximum atomic E-state index is 8.31. The zero-order valence-electron chi connectivity index (χ0n) is 7.77. The van der Waals surface area contributed by atoms with Crippen LogP contribution in [0, 0.1) is 10.2 Å². The standard InChI is InChI=1S/C10H10NO2Se/c1-12-9-2-4-10(5-3-9)13-6-7-14-8-11/h2-5,7H,6H2,1H3/q+1. The summed E-state index contributed by atoms with van der Waals surface area (Å²) >= 11 is -0.0769. The van der Waals surface area contributed by atoms with Crippen LogP contribution < -0.4 is 9.47 Å². The number of benzene rings is 1. The normalized spacial score (nSPS) is 9.71. The van der Waals surface area contributed by atoms with E-state index < -0.39 is 0 Å².